The van der Waals surface area contributed by atoms with E-state index in [0.29, 0.717) is 23.5 Å². The van der Waals surface area contributed by atoms with Gasteiger partial charge in [0.05, 0.1) is 18.5 Å². The number of likely N-dealkylation sites (tertiary alicyclic amines) is 1. The number of methoxy groups -OCH3 is 1. The molecule has 0 radical (unpaired) electrons. The predicted molar refractivity (Wildman–Crippen MR) is 142 cm³/mol. The monoisotopic (exact) mass is 547 g/mol. The highest BCUT2D eigenvalue weighted by Crippen LogP contribution is 2.36. The van der Waals surface area contributed by atoms with Crippen LogP contribution in [0, 0.1) is 11.6 Å². The molecule has 1 saturated heterocycles. The molecule has 0 N–H and O–H groups in total. The Balaban J connectivity index is 0.00000106. The van der Waals surface area contributed by atoms with Gasteiger partial charge >= 0.3 is 0 Å². The molecule has 3 rings (SSSR count). The van der Waals surface area contributed by atoms with Gasteiger partial charge in [-0.05, 0) is 50.5 Å². The van der Waals surface area contributed by atoms with Crippen molar-refractivity contribution < 1.29 is 27.4 Å². The Morgan fingerprint density at radius 1 is 1.06 bits per heavy atom. The van der Waals surface area contributed by atoms with E-state index < -0.39 is 11.6 Å². The Hall–Kier alpha value is -2.64. The number of carbonyl (C=O) groups excluding carboxylic acids is 1. The van der Waals surface area contributed by atoms with E-state index in [1.807, 2.05) is 18.7 Å². The van der Waals surface area contributed by atoms with Gasteiger partial charge < -0.3 is 14.4 Å². The average Bonchev–Trinajstić information content (AvgIpc) is 2.93. The third kappa shape index (κ3) is 11.4. The molecule has 1 heterocycles. The van der Waals surface area contributed by atoms with E-state index in [0.717, 1.165) is 44.5 Å². The van der Waals surface area contributed by atoms with Crippen LogP contribution in [0.25, 0.3) is 0 Å². The second kappa shape index (κ2) is 19.5. The van der Waals surface area contributed by atoms with Crippen molar-refractivity contribution in [2.24, 2.45) is 0 Å². The zero-order chi connectivity index (χ0) is 27.5. The van der Waals surface area contributed by atoms with Crippen LogP contribution in [0.15, 0.2) is 55.4 Å². The first-order chi connectivity index (χ1) is 17.3. The molecular formula is C27H34Cl2F3NO3. The molecule has 0 spiro atoms. The van der Waals surface area contributed by atoms with E-state index in [1.54, 1.807) is 31.2 Å². The van der Waals surface area contributed by atoms with Crippen LogP contribution in [0.4, 0.5) is 13.2 Å². The molecule has 4 nitrogen and oxygen atoms in total. The maximum atomic E-state index is 13.4. The average molecular weight is 548 g/mol. The van der Waals surface area contributed by atoms with Gasteiger partial charge in [-0.1, -0.05) is 37.6 Å². The highest BCUT2D eigenvalue weighted by Gasteiger charge is 2.20. The number of halogens is 5. The Morgan fingerprint density at radius 3 is 2.11 bits per heavy atom. The van der Waals surface area contributed by atoms with Crippen molar-refractivity contribution >= 4 is 29.1 Å². The zero-order valence-electron chi connectivity index (χ0n) is 21.1. The molecule has 9 heteroatoms. The van der Waals surface area contributed by atoms with Gasteiger partial charge in [-0.3, -0.25) is 4.79 Å². The van der Waals surface area contributed by atoms with Crippen LogP contribution in [0.3, 0.4) is 0 Å². The zero-order valence-corrected chi connectivity index (χ0v) is 22.6. The Bertz CT molecular complexity index is 962. The molecule has 0 aromatic heterocycles. The molecule has 1 aliphatic rings. The van der Waals surface area contributed by atoms with Crippen LogP contribution in [0.5, 0.6) is 17.2 Å². The van der Waals surface area contributed by atoms with Gasteiger partial charge in [0.25, 0.3) is 5.91 Å². The number of hydrogen-bond donors (Lipinski definition) is 0. The van der Waals surface area contributed by atoms with E-state index in [9.17, 15) is 18.0 Å². The smallest absolute Gasteiger partial charge is 0.253 e. The molecule has 0 bridgehead atoms. The normalized spacial score (nSPS) is 12.2. The van der Waals surface area contributed by atoms with Gasteiger partial charge in [-0.25, -0.2) is 13.2 Å². The van der Waals surface area contributed by atoms with Gasteiger partial charge in [0, 0.05) is 30.6 Å². The fourth-order valence-electron chi connectivity index (χ4n) is 2.87. The predicted octanol–water partition coefficient (Wildman–Crippen LogP) is 8.97. The largest absolute Gasteiger partial charge is 0.493 e. The molecule has 0 atom stereocenters. The summed E-state index contributed by atoms with van der Waals surface area (Å²) in [5.74, 6) is -1.14. The Morgan fingerprint density at radius 2 is 1.61 bits per heavy atom. The van der Waals surface area contributed by atoms with E-state index >= 15 is 0 Å². The van der Waals surface area contributed by atoms with Crippen molar-refractivity contribution in [1.29, 1.82) is 0 Å². The lowest BCUT2D eigenvalue weighted by molar-refractivity contribution is 0.0724. The molecule has 1 aliphatic heterocycles. The third-order valence-corrected chi connectivity index (χ3v) is 5.00. The van der Waals surface area contributed by atoms with Crippen LogP contribution in [0.1, 0.15) is 50.4 Å². The molecule has 2 aromatic carbocycles. The number of benzene rings is 2. The molecule has 0 aliphatic carbocycles. The minimum Gasteiger partial charge on any atom is -0.493 e. The highest BCUT2D eigenvalue weighted by atomic mass is 35.5. The summed E-state index contributed by atoms with van der Waals surface area (Å²) in [6.45, 7) is 10.5. The van der Waals surface area contributed by atoms with Crippen molar-refractivity contribution in [3.63, 3.8) is 0 Å². The molecular weight excluding hydrogens is 514 g/mol. The standard InChI is InChI=1S/C19H18ClF2NO3.C3H5Cl.C3H5F.C2H6/c1-25-18-9-12(19(24)23-7-3-2-4-8-23)5-6-16(18)26-17-11-15(22)14(21)10-13(17)20;2*1-2-3-4;1-2/h5-6,9-11H,2-4,7-8H2,1H3;2H,1,3H2;2-3H,1H3;1-2H3/b;;3-2+;. The lowest BCUT2D eigenvalue weighted by Gasteiger charge is -2.27. The fourth-order valence-corrected chi connectivity index (χ4v) is 3.05. The first-order valence-corrected chi connectivity index (χ1v) is 12.4. The molecule has 1 amide bonds. The van der Waals surface area contributed by atoms with Crippen molar-refractivity contribution in [1.82, 2.24) is 4.90 Å². The summed E-state index contributed by atoms with van der Waals surface area (Å²) < 4.78 is 48.0. The molecule has 1 fully saturated rings. The Kier molecular flexibility index (Phi) is 18.1. The summed E-state index contributed by atoms with van der Waals surface area (Å²) in [4.78, 5) is 14.4. The molecule has 200 valence electrons. The molecule has 2 aromatic rings. The number of nitrogens with zero attached hydrogens (tertiary/aromatic N) is 1. The topological polar surface area (TPSA) is 38.8 Å². The second-order valence-electron chi connectivity index (χ2n) is 6.92. The number of rotatable bonds is 5. The van der Waals surface area contributed by atoms with Crippen molar-refractivity contribution in [2.45, 2.75) is 40.0 Å². The molecule has 0 saturated carbocycles. The number of alkyl halides is 1. The number of piperidine rings is 1. The van der Waals surface area contributed by atoms with Crippen molar-refractivity contribution in [2.75, 3.05) is 26.1 Å². The first-order valence-electron chi connectivity index (χ1n) is 11.5. The van der Waals surface area contributed by atoms with Gasteiger partial charge in [-0.15, -0.1) is 18.2 Å². The summed E-state index contributed by atoms with van der Waals surface area (Å²) in [6.07, 6.45) is 6.60. The van der Waals surface area contributed by atoms with E-state index in [2.05, 4.69) is 6.58 Å². The van der Waals surface area contributed by atoms with E-state index in [-0.39, 0.29) is 22.4 Å². The fraction of sp³-hybridized carbons (Fsp3) is 0.370. The maximum absolute atomic E-state index is 13.4. The number of carbonyl (C=O) groups is 1. The van der Waals surface area contributed by atoms with Crippen LogP contribution < -0.4 is 9.47 Å². The SMILES string of the molecule is C/C=C/F.C=CCCl.CC.COc1cc(C(=O)N2CCCCC2)ccc1Oc1cc(F)c(F)cc1Cl. The number of allylic oxidation sites excluding steroid dienone is 2. The third-order valence-electron chi connectivity index (χ3n) is 4.48. The van der Waals surface area contributed by atoms with Crippen molar-refractivity contribution in [3.05, 3.63) is 77.6 Å². The van der Waals surface area contributed by atoms with Crippen molar-refractivity contribution in [3.8, 4) is 17.2 Å². The lowest BCUT2D eigenvalue weighted by Crippen LogP contribution is -2.35. The van der Waals surface area contributed by atoms with Gasteiger partial charge in [-0.2, -0.15) is 0 Å². The van der Waals surface area contributed by atoms with Crippen LogP contribution >= 0.6 is 23.2 Å². The first kappa shape index (κ1) is 33.4. The van der Waals surface area contributed by atoms with E-state index in [4.69, 9.17) is 32.7 Å². The van der Waals surface area contributed by atoms with Gasteiger partial charge in [0.15, 0.2) is 23.1 Å². The van der Waals surface area contributed by atoms with Gasteiger partial charge in [0.2, 0.25) is 0 Å². The quantitative estimate of drug-likeness (QED) is 0.213. The molecule has 0 unspecified atom stereocenters. The second-order valence-corrected chi connectivity index (χ2v) is 7.64. The molecule has 36 heavy (non-hydrogen) atoms. The summed E-state index contributed by atoms with van der Waals surface area (Å²) in [7, 11) is 1.43. The van der Waals surface area contributed by atoms with Crippen LogP contribution in [-0.2, 0) is 0 Å². The summed E-state index contributed by atoms with van der Waals surface area (Å²) in [5.41, 5.74) is 0.479. The summed E-state index contributed by atoms with van der Waals surface area (Å²) in [5, 5.41) is -0.0700. The van der Waals surface area contributed by atoms with E-state index in [1.165, 1.54) is 13.2 Å². The lowest BCUT2D eigenvalue weighted by atomic mass is 10.1. The maximum Gasteiger partial charge on any atom is 0.253 e. The number of hydrogen-bond acceptors (Lipinski definition) is 3. The highest BCUT2D eigenvalue weighted by molar-refractivity contribution is 6.32. The Labute approximate surface area is 222 Å². The number of amides is 1. The minimum atomic E-state index is -1.07. The van der Waals surface area contributed by atoms with Gasteiger partial charge in [0.1, 0.15) is 5.75 Å². The van der Waals surface area contributed by atoms with Crippen LogP contribution in [-0.4, -0.2) is 36.9 Å². The summed E-state index contributed by atoms with van der Waals surface area (Å²) in [6, 6.07) is 6.44. The summed E-state index contributed by atoms with van der Waals surface area (Å²) >= 11 is 11.0. The minimum absolute atomic E-state index is 0.0426. The van der Waals surface area contributed by atoms with Crippen LogP contribution in [0.2, 0.25) is 5.02 Å². The number of ether oxygens (including phenoxy) is 2.